The van der Waals surface area contributed by atoms with Gasteiger partial charge >= 0.3 is 0 Å². The van der Waals surface area contributed by atoms with E-state index in [9.17, 15) is 0 Å². The van der Waals surface area contributed by atoms with Crippen LogP contribution < -0.4 is 4.74 Å². The lowest BCUT2D eigenvalue weighted by molar-refractivity contribution is 0.494. The van der Waals surface area contributed by atoms with Crippen molar-refractivity contribution < 1.29 is 4.74 Å². The van der Waals surface area contributed by atoms with Gasteiger partial charge in [0.1, 0.15) is 11.5 Å². The topological polar surface area (TPSA) is 47.9 Å². The molecule has 0 amide bonds. The molecule has 0 spiro atoms. The summed E-state index contributed by atoms with van der Waals surface area (Å²) in [5.41, 5.74) is 5.03. The summed E-state index contributed by atoms with van der Waals surface area (Å²) in [4.78, 5) is 15.2. The van der Waals surface area contributed by atoms with E-state index in [-0.39, 0.29) is 0 Å². The summed E-state index contributed by atoms with van der Waals surface area (Å²) in [6.07, 6.45) is 0. The predicted octanol–water partition coefficient (Wildman–Crippen LogP) is 11.3. The average molecular weight is 600 g/mol. The van der Waals surface area contributed by atoms with Crippen molar-refractivity contribution in [2.45, 2.75) is 0 Å². The number of hydrogen-bond acceptors (Lipinski definition) is 4. The van der Waals surface area contributed by atoms with Gasteiger partial charge in [0.15, 0.2) is 17.5 Å². The smallest absolute Gasteiger partial charge is 0.167 e. The van der Waals surface area contributed by atoms with Crippen molar-refractivity contribution in [1.82, 2.24) is 15.0 Å². The van der Waals surface area contributed by atoms with Crippen LogP contribution in [0, 0.1) is 0 Å². The molecule has 4 heteroatoms. The van der Waals surface area contributed by atoms with E-state index in [2.05, 4.69) is 109 Å². The molecule has 1 aliphatic heterocycles. The van der Waals surface area contributed by atoms with Gasteiger partial charge < -0.3 is 4.74 Å². The predicted molar refractivity (Wildman–Crippen MR) is 192 cm³/mol. The van der Waals surface area contributed by atoms with Gasteiger partial charge in [-0.15, -0.1) is 0 Å². The number of ether oxygens (including phenoxy) is 1. The number of nitrogens with zero attached hydrogens (tertiary/aromatic N) is 3. The van der Waals surface area contributed by atoms with E-state index in [1.165, 1.54) is 32.5 Å². The molecule has 47 heavy (non-hydrogen) atoms. The molecule has 8 aromatic carbocycles. The number of fused-ring (bicyclic) bond motifs is 1. The van der Waals surface area contributed by atoms with Gasteiger partial charge in [0.2, 0.25) is 0 Å². The van der Waals surface area contributed by atoms with Crippen LogP contribution >= 0.6 is 0 Å². The first kappa shape index (κ1) is 25.9. The van der Waals surface area contributed by atoms with Crippen LogP contribution in [0.2, 0.25) is 0 Å². The molecule has 0 aliphatic carbocycles. The third-order valence-electron chi connectivity index (χ3n) is 9.29. The maximum Gasteiger partial charge on any atom is 0.167 e. The molecule has 0 saturated heterocycles. The van der Waals surface area contributed by atoms with Crippen molar-refractivity contribution in [3.63, 3.8) is 0 Å². The second kappa shape index (κ2) is 10.1. The Balaban J connectivity index is 1.17. The second-order valence-electron chi connectivity index (χ2n) is 12.0. The third kappa shape index (κ3) is 4.05. The van der Waals surface area contributed by atoms with Gasteiger partial charge in [-0.1, -0.05) is 140 Å². The molecule has 0 fully saturated rings. The summed E-state index contributed by atoms with van der Waals surface area (Å²) in [7, 11) is 0. The highest BCUT2D eigenvalue weighted by atomic mass is 16.5. The standard InChI is InChI=1S/C43H25N3O/c1-2-9-31(10-3-1)41-44-42(32-22-16-27(17-23-32)34-14-6-11-26-8-4-5-13-33(26)34)46-43(45-41)35-25-24-30-21-20-29-19-18-28-12-7-15-36-37(28)38(29)39(30)40(35)47-36/h1-25H. The third-order valence-corrected chi connectivity index (χ3v) is 9.29. The van der Waals surface area contributed by atoms with Gasteiger partial charge in [0.25, 0.3) is 0 Å². The largest absolute Gasteiger partial charge is 0.455 e. The van der Waals surface area contributed by atoms with Gasteiger partial charge in [-0.2, -0.15) is 0 Å². The van der Waals surface area contributed by atoms with E-state index in [0.717, 1.165) is 49.9 Å². The van der Waals surface area contributed by atoms with Crippen LogP contribution in [0.15, 0.2) is 152 Å². The van der Waals surface area contributed by atoms with E-state index in [4.69, 9.17) is 19.7 Å². The first-order valence-electron chi connectivity index (χ1n) is 15.8. The lowest BCUT2D eigenvalue weighted by Gasteiger charge is -2.22. The monoisotopic (exact) mass is 599 g/mol. The zero-order chi connectivity index (χ0) is 30.9. The van der Waals surface area contributed by atoms with Gasteiger partial charge in [-0.25, -0.2) is 15.0 Å². The van der Waals surface area contributed by atoms with E-state index in [1.54, 1.807) is 0 Å². The fourth-order valence-corrected chi connectivity index (χ4v) is 7.04. The first-order chi connectivity index (χ1) is 23.3. The normalized spacial score (nSPS) is 12.0. The Hall–Kier alpha value is -6.39. The fourth-order valence-electron chi connectivity index (χ4n) is 7.04. The van der Waals surface area contributed by atoms with Crippen molar-refractivity contribution >= 4 is 43.1 Å². The number of benzene rings is 8. The van der Waals surface area contributed by atoms with Crippen LogP contribution in [0.1, 0.15) is 0 Å². The van der Waals surface area contributed by atoms with Crippen molar-refractivity contribution in [1.29, 1.82) is 0 Å². The van der Waals surface area contributed by atoms with Crippen molar-refractivity contribution in [3.8, 4) is 56.8 Å². The molecule has 2 heterocycles. The van der Waals surface area contributed by atoms with E-state index >= 15 is 0 Å². The lowest BCUT2D eigenvalue weighted by Crippen LogP contribution is -2.03. The minimum atomic E-state index is 0.576. The van der Waals surface area contributed by atoms with E-state index < -0.39 is 0 Å². The molecule has 0 radical (unpaired) electrons. The highest BCUT2D eigenvalue weighted by Crippen LogP contribution is 2.50. The fraction of sp³-hybridized carbons (Fsp3) is 0. The maximum absolute atomic E-state index is 6.76. The molecule has 4 nitrogen and oxygen atoms in total. The highest BCUT2D eigenvalue weighted by Gasteiger charge is 2.24. The Morgan fingerprint density at radius 2 is 0.915 bits per heavy atom. The summed E-state index contributed by atoms with van der Waals surface area (Å²) in [6, 6.07) is 52.7. The Labute approximate surface area is 270 Å². The average Bonchev–Trinajstić information content (AvgIpc) is 3.15. The SMILES string of the molecule is c1ccc(-c2nc(-c3ccc(-c4cccc5ccccc45)cc3)nc(-c3ccc4ccc5ccc6cccc7c6c5c4c3O7)n2)cc1. The van der Waals surface area contributed by atoms with Crippen LogP contribution in [0.5, 0.6) is 11.5 Å². The van der Waals surface area contributed by atoms with Crippen LogP contribution in [0.4, 0.5) is 0 Å². The highest BCUT2D eigenvalue weighted by molar-refractivity contribution is 6.26. The summed E-state index contributed by atoms with van der Waals surface area (Å²) in [5, 5.41) is 9.38. The molecule has 218 valence electrons. The van der Waals surface area contributed by atoms with Gasteiger partial charge in [-0.3, -0.25) is 0 Å². The molecule has 1 aromatic heterocycles. The zero-order valence-corrected chi connectivity index (χ0v) is 25.2. The zero-order valence-electron chi connectivity index (χ0n) is 25.2. The minimum Gasteiger partial charge on any atom is -0.455 e. The molecule has 1 aliphatic rings. The first-order valence-corrected chi connectivity index (χ1v) is 15.8. The second-order valence-corrected chi connectivity index (χ2v) is 12.0. The van der Waals surface area contributed by atoms with Crippen LogP contribution in [0.25, 0.3) is 88.4 Å². The number of aromatic nitrogens is 3. The number of hydrogen-bond donors (Lipinski definition) is 0. The molecule has 10 rings (SSSR count). The molecular formula is C43H25N3O. The number of rotatable bonds is 4. The summed E-state index contributed by atoms with van der Waals surface area (Å²) in [6.45, 7) is 0. The molecular weight excluding hydrogens is 574 g/mol. The van der Waals surface area contributed by atoms with Gasteiger partial charge in [0.05, 0.1) is 5.56 Å². The van der Waals surface area contributed by atoms with Crippen LogP contribution in [0.3, 0.4) is 0 Å². The molecule has 0 bridgehead atoms. The molecule has 9 aromatic rings. The summed E-state index contributed by atoms with van der Waals surface area (Å²) >= 11 is 0. The molecule has 0 unspecified atom stereocenters. The van der Waals surface area contributed by atoms with Gasteiger partial charge in [0, 0.05) is 27.3 Å². The Morgan fingerprint density at radius 3 is 1.72 bits per heavy atom. The van der Waals surface area contributed by atoms with Gasteiger partial charge in [-0.05, 0) is 50.2 Å². The Kier molecular flexibility index (Phi) is 5.54. The van der Waals surface area contributed by atoms with Crippen molar-refractivity contribution in [2.24, 2.45) is 0 Å². The lowest BCUT2D eigenvalue weighted by atomic mass is 9.92. The quantitative estimate of drug-likeness (QED) is 0.189. The maximum atomic E-state index is 6.76. The Morgan fingerprint density at radius 1 is 0.340 bits per heavy atom. The minimum absolute atomic E-state index is 0.576. The van der Waals surface area contributed by atoms with Crippen LogP contribution in [-0.4, -0.2) is 15.0 Å². The molecule has 0 N–H and O–H groups in total. The summed E-state index contributed by atoms with van der Waals surface area (Å²) < 4.78 is 6.76. The van der Waals surface area contributed by atoms with E-state index in [0.29, 0.717) is 17.5 Å². The van der Waals surface area contributed by atoms with Crippen molar-refractivity contribution in [2.75, 3.05) is 0 Å². The molecule has 0 saturated carbocycles. The van der Waals surface area contributed by atoms with Crippen molar-refractivity contribution in [3.05, 3.63) is 152 Å². The van der Waals surface area contributed by atoms with E-state index in [1.807, 2.05) is 42.5 Å². The van der Waals surface area contributed by atoms with Crippen LogP contribution in [-0.2, 0) is 0 Å². The Bertz CT molecular complexity index is 2690. The molecule has 0 atom stereocenters. The summed E-state index contributed by atoms with van der Waals surface area (Å²) in [5.74, 6) is 3.44.